The molecule has 0 spiro atoms. The Labute approximate surface area is 112 Å². The highest BCUT2D eigenvalue weighted by Gasteiger charge is 2.28. The van der Waals surface area contributed by atoms with Gasteiger partial charge in [-0.3, -0.25) is 4.79 Å². The smallest absolute Gasteiger partial charge is 0.305 e. The lowest BCUT2D eigenvalue weighted by atomic mass is 10.1. The van der Waals surface area contributed by atoms with Crippen molar-refractivity contribution in [3.63, 3.8) is 0 Å². The number of ether oxygens (including phenoxy) is 1. The molecule has 1 aliphatic carbocycles. The Morgan fingerprint density at radius 1 is 1.47 bits per heavy atom. The van der Waals surface area contributed by atoms with Crippen LogP contribution in [0.1, 0.15) is 36.6 Å². The van der Waals surface area contributed by atoms with Gasteiger partial charge in [0.15, 0.2) is 0 Å². The van der Waals surface area contributed by atoms with Crippen LogP contribution in [-0.2, 0) is 23.0 Å². The van der Waals surface area contributed by atoms with E-state index in [4.69, 9.17) is 4.98 Å². The third kappa shape index (κ3) is 2.35. The minimum atomic E-state index is -0.163. The van der Waals surface area contributed by atoms with Crippen LogP contribution in [-0.4, -0.2) is 22.6 Å². The van der Waals surface area contributed by atoms with Gasteiger partial charge < -0.3 is 9.30 Å². The maximum Gasteiger partial charge on any atom is 0.305 e. The molecular formula is C15H18N2O2. The minimum absolute atomic E-state index is 0.163. The molecule has 0 atom stereocenters. The normalized spacial score (nSPS) is 14.8. The standard InChI is InChI=1S/C15H18N2O2/c1-17-13-9-10(4-8-14(18)19-2)3-7-12(13)16-15(17)11-5-6-11/h3,7,9,11H,4-6,8H2,1-2H3. The number of methoxy groups -OCH3 is 1. The fraction of sp³-hybridized carbons (Fsp3) is 0.467. The first-order valence-electron chi connectivity index (χ1n) is 6.71. The number of aromatic nitrogens is 2. The number of imidazole rings is 1. The molecule has 0 saturated heterocycles. The zero-order chi connectivity index (χ0) is 13.4. The van der Waals surface area contributed by atoms with Crippen LogP contribution in [0.25, 0.3) is 11.0 Å². The van der Waals surface area contributed by atoms with E-state index in [0.717, 1.165) is 16.6 Å². The lowest BCUT2D eigenvalue weighted by Crippen LogP contribution is -2.02. The molecule has 4 nitrogen and oxygen atoms in total. The van der Waals surface area contributed by atoms with E-state index in [2.05, 4.69) is 28.5 Å². The highest BCUT2D eigenvalue weighted by atomic mass is 16.5. The van der Waals surface area contributed by atoms with E-state index in [1.165, 1.54) is 25.8 Å². The van der Waals surface area contributed by atoms with Crippen molar-refractivity contribution in [1.82, 2.24) is 9.55 Å². The first-order chi connectivity index (χ1) is 9.19. The van der Waals surface area contributed by atoms with Gasteiger partial charge in [0.1, 0.15) is 5.82 Å². The average molecular weight is 258 g/mol. The van der Waals surface area contributed by atoms with E-state index in [1.807, 2.05) is 6.07 Å². The fourth-order valence-electron chi connectivity index (χ4n) is 2.46. The molecule has 0 amide bonds. The van der Waals surface area contributed by atoms with Crippen molar-refractivity contribution in [3.8, 4) is 0 Å². The second kappa shape index (κ2) is 4.68. The maximum atomic E-state index is 11.2. The van der Waals surface area contributed by atoms with Gasteiger partial charge in [0, 0.05) is 19.4 Å². The van der Waals surface area contributed by atoms with E-state index in [9.17, 15) is 4.79 Å². The van der Waals surface area contributed by atoms with Crippen LogP contribution in [0, 0.1) is 0 Å². The Morgan fingerprint density at radius 2 is 2.26 bits per heavy atom. The summed E-state index contributed by atoms with van der Waals surface area (Å²) in [6, 6.07) is 6.24. The predicted octanol–water partition coefficient (Wildman–Crippen LogP) is 2.56. The Kier molecular flexibility index (Phi) is 3.01. The Morgan fingerprint density at radius 3 is 2.95 bits per heavy atom. The fourth-order valence-corrected chi connectivity index (χ4v) is 2.46. The minimum Gasteiger partial charge on any atom is -0.469 e. The summed E-state index contributed by atoms with van der Waals surface area (Å²) in [5.41, 5.74) is 3.36. The Balaban J connectivity index is 1.87. The first kappa shape index (κ1) is 12.2. The quantitative estimate of drug-likeness (QED) is 0.792. The summed E-state index contributed by atoms with van der Waals surface area (Å²) in [5, 5.41) is 0. The summed E-state index contributed by atoms with van der Waals surface area (Å²) in [6.45, 7) is 0. The average Bonchev–Trinajstić information content (AvgIpc) is 3.22. The van der Waals surface area contributed by atoms with Crippen molar-refractivity contribution in [2.24, 2.45) is 7.05 Å². The van der Waals surface area contributed by atoms with Crippen molar-refractivity contribution < 1.29 is 9.53 Å². The molecule has 0 N–H and O–H groups in total. The molecule has 0 unspecified atom stereocenters. The van der Waals surface area contributed by atoms with Crippen molar-refractivity contribution in [3.05, 3.63) is 29.6 Å². The van der Waals surface area contributed by atoms with Crippen molar-refractivity contribution >= 4 is 17.0 Å². The lowest BCUT2D eigenvalue weighted by Gasteiger charge is -2.03. The summed E-state index contributed by atoms with van der Waals surface area (Å²) in [5.74, 6) is 1.68. The van der Waals surface area contributed by atoms with Gasteiger partial charge in [-0.25, -0.2) is 4.98 Å². The largest absolute Gasteiger partial charge is 0.469 e. The van der Waals surface area contributed by atoms with Crippen LogP contribution in [0.3, 0.4) is 0 Å². The molecule has 4 heteroatoms. The van der Waals surface area contributed by atoms with Crippen LogP contribution in [0.2, 0.25) is 0 Å². The number of nitrogens with zero attached hydrogens (tertiary/aromatic N) is 2. The molecule has 0 aliphatic heterocycles. The topological polar surface area (TPSA) is 44.1 Å². The number of esters is 1. The number of aryl methyl sites for hydroxylation is 2. The third-order valence-corrected chi connectivity index (χ3v) is 3.77. The second-order valence-corrected chi connectivity index (χ2v) is 5.20. The SMILES string of the molecule is COC(=O)CCc1ccc2nc(C3CC3)n(C)c2c1. The molecule has 100 valence electrons. The van der Waals surface area contributed by atoms with Gasteiger partial charge in [0.05, 0.1) is 18.1 Å². The van der Waals surface area contributed by atoms with Gasteiger partial charge in [-0.1, -0.05) is 6.07 Å². The molecule has 1 heterocycles. The van der Waals surface area contributed by atoms with Gasteiger partial charge in [0.2, 0.25) is 0 Å². The van der Waals surface area contributed by atoms with Crippen LogP contribution in [0.4, 0.5) is 0 Å². The van der Waals surface area contributed by atoms with Crippen molar-refractivity contribution in [1.29, 1.82) is 0 Å². The van der Waals surface area contributed by atoms with Crippen molar-refractivity contribution in [2.75, 3.05) is 7.11 Å². The molecule has 19 heavy (non-hydrogen) atoms. The Bertz CT molecular complexity index is 626. The van der Waals surface area contributed by atoms with E-state index < -0.39 is 0 Å². The zero-order valence-electron chi connectivity index (χ0n) is 11.3. The number of carbonyl (C=O) groups excluding carboxylic acids is 1. The molecular weight excluding hydrogens is 240 g/mol. The van der Waals surface area contributed by atoms with Crippen LogP contribution in [0.5, 0.6) is 0 Å². The molecule has 1 saturated carbocycles. The van der Waals surface area contributed by atoms with Gasteiger partial charge >= 0.3 is 5.97 Å². The van der Waals surface area contributed by atoms with Crippen LogP contribution in [0.15, 0.2) is 18.2 Å². The monoisotopic (exact) mass is 258 g/mol. The zero-order valence-corrected chi connectivity index (χ0v) is 11.3. The van der Waals surface area contributed by atoms with Gasteiger partial charge in [-0.15, -0.1) is 0 Å². The second-order valence-electron chi connectivity index (χ2n) is 5.20. The molecule has 1 fully saturated rings. The summed E-state index contributed by atoms with van der Waals surface area (Å²) in [4.78, 5) is 15.9. The number of carbonyl (C=O) groups is 1. The number of rotatable bonds is 4. The highest BCUT2D eigenvalue weighted by Crippen LogP contribution is 2.40. The summed E-state index contributed by atoms with van der Waals surface area (Å²) >= 11 is 0. The molecule has 1 aromatic carbocycles. The van der Waals surface area contributed by atoms with E-state index in [-0.39, 0.29) is 5.97 Å². The van der Waals surface area contributed by atoms with E-state index in [1.54, 1.807) is 0 Å². The lowest BCUT2D eigenvalue weighted by molar-refractivity contribution is -0.140. The third-order valence-electron chi connectivity index (χ3n) is 3.77. The summed E-state index contributed by atoms with van der Waals surface area (Å²) in [7, 11) is 3.50. The van der Waals surface area contributed by atoms with E-state index >= 15 is 0 Å². The number of hydrogen-bond donors (Lipinski definition) is 0. The van der Waals surface area contributed by atoms with Crippen LogP contribution < -0.4 is 0 Å². The molecule has 2 aromatic rings. The molecule has 0 bridgehead atoms. The highest BCUT2D eigenvalue weighted by molar-refractivity contribution is 5.77. The van der Waals surface area contributed by atoms with Crippen LogP contribution >= 0.6 is 0 Å². The summed E-state index contributed by atoms with van der Waals surface area (Å²) < 4.78 is 6.86. The van der Waals surface area contributed by atoms with Gasteiger partial charge in [-0.05, 0) is 37.0 Å². The van der Waals surface area contributed by atoms with Gasteiger partial charge in [-0.2, -0.15) is 0 Å². The first-order valence-corrected chi connectivity index (χ1v) is 6.71. The molecule has 0 radical (unpaired) electrons. The number of benzene rings is 1. The van der Waals surface area contributed by atoms with Gasteiger partial charge in [0.25, 0.3) is 0 Å². The molecule has 3 rings (SSSR count). The molecule has 1 aromatic heterocycles. The van der Waals surface area contributed by atoms with Crippen molar-refractivity contribution in [2.45, 2.75) is 31.6 Å². The summed E-state index contributed by atoms with van der Waals surface area (Å²) in [6.07, 6.45) is 3.65. The predicted molar refractivity (Wildman–Crippen MR) is 73.0 cm³/mol. The van der Waals surface area contributed by atoms with E-state index in [0.29, 0.717) is 18.8 Å². The maximum absolute atomic E-state index is 11.2. The number of hydrogen-bond acceptors (Lipinski definition) is 3. The molecule has 1 aliphatic rings. The number of fused-ring (bicyclic) bond motifs is 1. The Hall–Kier alpha value is -1.84.